The summed E-state index contributed by atoms with van der Waals surface area (Å²) < 4.78 is 16.3. The molecule has 2 aliphatic carbocycles. The van der Waals surface area contributed by atoms with Crippen molar-refractivity contribution in [2.24, 2.45) is 28.8 Å². The van der Waals surface area contributed by atoms with Gasteiger partial charge in [0.2, 0.25) is 0 Å². The molecule has 4 rings (SSSR count). The molecule has 8 nitrogen and oxygen atoms in total. The van der Waals surface area contributed by atoms with E-state index < -0.39 is 5.97 Å². The van der Waals surface area contributed by atoms with Crippen LogP contribution in [0.25, 0.3) is 0 Å². The van der Waals surface area contributed by atoms with Gasteiger partial charge in [-0.25, -0.2) is 4.79 Å². The average molecular weight is 477 g/mol. The van der Waals surface area contributed by atoms with Gasteiger partial charge in [-0.15, -0.1) is 0 Å². The number of hydrogen-bond acceptors (Lipinski definition) is 7. The zero-order chi connectivity index (χ0) is 21.4. The summed E-state index contributed by atoms with van der Waals surface area (Å²) in [6.45, 7) is 1.95. The third-order valence-electron chi connectivity index (χ3n) is 5.70. The summed E-state index contributed by atoms with van der Waals surface area (Å²) in [5.41, 5.74) is 0.600. The largest absolute Gasteiger partial charge is 0.490 e. The van der Waals surface area contributed by atoms with Crippen molar-refractivity contribution in [3.05, 3.63) is 34.3 Å². The first-order chi connectivity index (χ1) is 14.4. The molecule has 9 heteroatoms. The lowest BCUT2D eigenvalue weighted by Gasteiger charge is -2.14. The van der Waals surface area contributed by atoms with Crippen LogP contribution in [0.1, 0.15) is 18.9 Å². The summed E-state index contributed by atoms with van der Waals surface area (Å²) in [7, 11) is 1.28. The van der Waals surface area contributed by atoms with E-state index in [1.165, 1.54) is 13.3 Å². The number of esters is 1. The lowest BCUT2D eigenvalue weighted by Crippen LogP contribution is -2.28. The van der Waals surface area contributed by atoms with Gasteiger partial charge in [0.1, 0.15) is 0 Å². The molecule has 2 amide bonds. The second-order valence-electron chi connectivity index (χ2n) is 7.35. The van der Waals surface area contributed by atoms with E-state index in [-0.39, 0.29) is 42.1 Å². The number of hydrazone groups is 1. The van der Waals surface area contributed by atoms with Gasteiger partial charge in [-0.3, -0.25) is 9.59 Å². The number of amides is 2. The van der Waals surface area contributed by atoms with Crippen molar-refractivity contribution >= 4 is 39.9 Å². The number of nitrogens with zero attached hydrogens (tertiary/aromatic N) is 2. The second-order valence-corrected chi connectivity index (χ2v) is 8.21. The highest BCUT2D eigenvalue weighted by Gasteiger charge is 2.59. The Hall–Kier alpha value is -2.68. The molecule has 3 aliphatic rings. The topological polar surface area (TPSA) is 94.5 Å². The minimum absolute atomic E-state index is 0.138. The fourth-order valence-electron chi connectivity index (χ4n) is 4.35. The molecule has 1 aliphatic heterocycles. The number of hydrogen-bond donors (Lipinski definition) is 0. The standard InChI is InChI=1S/C21H21BrN2O6/c1-3-29-15-7-13(14(22)8-16(15)30-10-17(25)28-2)9-23-24-20(26)18-11-4-5-12(6-11)19(18)21(24)27/h4-5,7-9,11-12,18-19H,3,6,10H2,1-2H3. The number of rotatable bonds is 7. The van der Waals surface area contributed by atoms with Crippen molar-refractivity contribution in [1.82, 2.24) is 5.01 Å². The summed E-state index contributed by atoms with van der Waals surface area (Å²) in [6, 6.07) is 3.31. The Morgan fingerprint density at radius 1 is 1.17 bits per heavy atom. The van der Waals surface area contributed by atoms with Gasteiger partial charge >= 0.3 is 5.97 Å². The van der Waals surface area contributed by atoms with Crippen molar-refractivity contribution in [3.63, 3.8) is 0 Å². The van der Waals surface area contributed by atoms with Crippen LogP contribution in [0.2, 0.25) is 0 Å². The van der Waals surface area contributed by atoms with E-state index in [0.29, 0.717) is 28.1 Å². The number of ether oxygens (including phenoxy) is 3. The summed E-state index contributed by atoms with van der Waals surface area (Å²) in [5.74, 6) is -0.532. The maximum atomic E-state index is 12.8. The van der Waals surface area contributed by atoms with Crippen LogP contribution in [0.3, 0.4) is 0 Å². The Morgan fingerprint density at radius 3 is 2.40 bits per heavy atom. The predicted molar refractivity (Wildman–Crippen MR) is 110 cm³/mol. The van der Waals surface area contributed by atoms with Crippen molar-refractivity contribution in [3.8, 4) is 11.5 Å². The zero-order valence-electron chi connectivity index (χ0n) is 16.5. The summed E-state index contributed by atoms with van der Waals surface area (Å²) in [5, 5.41) is 5.19. The fraction of sp³-hybridized carbons (Fsp3) is 0.429. The monoisotopic (exact) mass is 476 g/mol. The number of carbonyl (C=O) groups excluding carboxylic acids is 3. The number of allylic oxidation sites excluding steroid dienone is 2. The van der Waals surface area contributed by atoms with Crippen molar-refractivity contribution in [1.29, 1.82) is 0 Å². The van der Waals surface area contributed by atoms with Crippen LogP contribution in [0.4, 0.5) is 0 Å². The van der Waals surface area contributed by atoms with Crippen LogP contribution in [-0.2, 0) is 19.1 Å². The Labute approximate surface area is 182 Å². The third kappa shape index (κ3) is 3.51. The van der Waals surface area contributed by atoms with Crippen LogP contribution in [0.15, 0.2) is 33.9 Å². The fourth-order valence-corrected chi connectivity index (χ4v) is 4.77. The number of halogens is 1. The number of imide groups is 1. The molecule has 2 bridgehead atoms. The van der Waals surface area contributed by atoms with Crippen LogP contribution < -0.4 is 9.47 Å². The highest BCUT2D eigenvalue weighted by Crippen LogP contribution is 2.52. The predicted octanol–water partition coefficient (Wildman–Crippen LogP) is 2.54. The zero-order valence-corrected chi connectivity index (χ0v) is 18.1. The summed E-state index contributed by atoms with van der Waals surface area (Å²) >= 11 is 3.43. The van der Waals surface area contributed by atoms with E-state index in [2.05, 4.69) is 25.8 Å². The molecule has 158 valence electrons. The molecule has 0 N–H and O–H groups in total. The lowest BCUT2D eigenvalue weighted by molar-refractivity contribution is -0.143. The first-order valence-corrected chi connectivity index (χ1v) is 10.5. The molecule has 1 aromatic rings. The van der Waals surface area contributed by atoms with Gasteiger partial charge in [-0.2, -0.15) is 10.1 Å². The molecule has 1 heterocycles. The Kier molecular flexibility index (Phi) is 5.64. The second kappa shape index (κ2) is 8.22. The van der Waals surface area contributed by atoms with Gasteiger partial charge in [-0.05, 0) is 53.2 Å². The maximum Gasteiger partial charge on any atom is 0.343 e. The molecule has 0 aromatic heterocycles. The minimum atomic E-state index is -0.515. The molecule has 1 saturated heterocycles. The molecule has 1 saturated carbocycles. The third-order valence-corrected chi connectivity index (χ3v) is 6.38. The molecular weight excluding hydrogens is 456 g/mol. The highest BCUT2D eigenvalue weighted by molar-refractivity contribution is 9.10. The first kappa shape index (κ1) is 20.6. The van der Waals surface area contributed by atoms with Crippen LogP contribution in [-0.4, -0.2) is 49.3 Å². The molecular formula is C21H21BrN2O6. The minimum Gasteiger partial charge on any atom is -0.490 e. The first-order valence-electron chi connectivity index (χ1n) is 9.70. The summed E-state index contributed by atoms with van der Waals surface area (Å²) in [4.78, 5) is 36.9. The van der Waals surface area contributed by atoms with Crippen molar-refractivity contribution in [2.75, 3.05) is 20.3 Å². The normalized spacial score (nSPS) is 26.6. The molecule has 4 unspecified atom stereocenters. The van der Waals surface area contributed by atoms with E-state index >= 15 is 0 Å². The average Bonchev–Trinajstić information content (AvgIpc) is 3.41. The van der Waals surface area contributed by atoms with Gasteiger partial charge in [0.05, 0.1) is 31.8 Å². The highest BCUT2D eigenvalue weighted by atomic mass is 79.9. The van der Waals surface area contributed by atoms with Crippen LogP contribution in [0.5, 0.6) is 11.5 Å². The maximum absolute atomic E-state index is 12.8. The van der Waals surface area contributed by atoms with Gasteiger partial charge < -0.3 is 14.2 Å². The van der Waals surface area contributed by atoms with Crippen molar-refractivity contribution < 1.29 is 28.6 Å². The van der Waals surface area contributed by atoms with E-state index in [0.717, 1.165) is 11.4 Å². The van der Waals surface area contributed by atoms with Crippen molar-refractivity contribution in [2.45, 2.75) is 13.3 Å². The van der Waals surface area contributed by atoms with E-state index in [4.69, 9.17) is 9.47 Å². The number of fused-ring (bicyclic) bond motifs is 5. The van der Waals surface area contributed by atoms with E-state index in [1.807, 2.05) is 19.1 Å². The molecule has 0 radical (unpaired) electrons. The Balaban J connectivity index is 1.55. The smallest absolute Gasteiger partial charge is 0.343 e. The molecule has 0 spiro atoms. The number of carbonyl (C=O) groups is 3. The quantitative estimate of drug-likeness (QED) is 0.259. The SMILES string of the molecule is CCOc1cc(C=NN2C(=O)C3C4C=CC(C4)C3C2=O)c(Br)cc1OCC(=O)OC. The molecule has 4 atom stereocenters. The van der Waals surface area contributed by atoms with Gasteiger partial charge in [-0.1, -0.05) is 12.2 Å². The number of benzene rings is 1. The summed E-state index contributed by atoms with van der Waals surface area (Å²) in [6.07, 6.45) is 6.41. The van der Waals surface area contributed by atoms with Crippen LogP contribution in [0, 0.1) is 23.7 Å². The Bertz CT molecular complexity index is 929. The Morgan fingerprint density at radius 2 is 1.80 bits per heavy atom. The molecule has 2 fully saturated rings. The van der Waals surface area contributed by atoms with E-state index in [1.54, 1.807) is 12.1 Å². The van der Waals surface area contributed by atoms with Gasteiger partial charge in [0.25, 0.3) is 11.8 Å². The van der Waals surface area contributed by atoms with Gasteiger partial charge in [0, 0.05) is 10.0 Å². The number of methoxy groups -OCH3 is 1. The lowest BCUT2D eigenvalue weighted by atomic mass is 9.85. The van der Waals surface area contributed by atoms with Gasteiger partial charge in [0.15, 0.2) is 18.1 Å². The molecule has 1 aromatic carbocycles. The van der Waals surface area contributed by atoms with E-state index in [9.17, 15) is 14.4 Å². The van der Waals surface area contributed by atoms with Crippen LogP contribution >= 0.6 is 15.9 Å². The molecule has 30 heavy (non-hydrogen) atoms.